The number of hydrogen-bond acceptors (Lipinski definition) is 3. The molecule has 2 N–H and O–H groups in total. The molecule has 2 amide bonds. The van der Waals surface area contributed by atoms with Crippen LogP contribution in [-0.4, -0.2) is 59.1 Å². The van der Waals surface area contributed by atoms with Crippen molar-refractivity contribution >= 4 is 12.0 Å². The number of carbonyl (C=O) groups is 2. The molecule has 2 fully saturated rings. The number of benzene rings is 1. The molecule has 0 radical (unpaired) electrons. The average molecular weight is 388 g/mol. The number of fused-ring (bicyclic) bond motifs is 1. The molecule has 1 saturated heterocycles. The summed E-state index contributed by atoms with van der Waals surface area (Å²) in [6.45, 7) is 6.96. The van der Waals surface area contributed by atoms with Crippen molar-refractivity contribution in [1.29, 1.82) is 0 Å². The second-order valence-electron chi connectivity index (χ2n) is 8.52. The van der Waals surface area contributed by atoms with Gasteiger partial charge in [0.05, 0.1) is 0 Å². The molecule has 0 aromatic heterocycles. The summed E-state index contributed by atoms with van der Waals surface area (Å²) in [4.78, 5) is 28.1. The van der Waals surface area contributed by atoms with E-state index in [-0.39, 0.29) is 17.9 Å². The van der Waals surface area contributed by atoms with Gasteiger partial charge in [-0.3, -0.25) is 14.6 Å². The van der Waals surface area contributed by atoms with Gasteiger partial charge in [0, 0.05) is 32.7 Å². The molecule has 0 unspecified atom stereocenters. The highest BCUT2D eigenvalue weighted by Gasteiger charge is 2.44. The highest BCUT2D eigenvalue weighted by molar-refractivity contribution is 5.85. The third kappa shape index (κ3) is 4.49. The predicted molar refractivity (Wildman–Crippen MR) is 109 cm³/mol. The van der Waals surface area contributed by atoms with Crippen molar-refractivity contribution in [3.63, 3.8) is 0 Å². The topological polar surface area (TPSA) is 72.9 Å². The van der Waals surface area contributed by atoms with Gasteiger partial charge in [-0.25, -0.2) is 4.79 Å². The van der Waals surface area contributed by atoms with Crippen molar-refractivity contribution in [3.8, 4) is 0 Å². The van der Waals surface area contributed by atoms with Crippen LogP contribution in [0.15, 0.2) is 30.3 Å². The summed E-state index contributed by atoms with van der Waals surface area (Å²) < 4.78 is 0. The Morgan fingerprint density at radius 1 is 1.25 bits per heavy atom. The molecule has 1 aliphatic heterocycles. The first kappa shape index (κ1) is 20.6. The van der Waals surface area contributed by atoms with Gasteiger partial charge in [-0.2, -0.15) is 0 Å². The van der Waals surface area contributed by atoms with E-state index in [9.17, 15) is 14.7 Å². The van der Waals surface area contributed by atoms with E-state index in [1.165, 1.54) is 12.6 Å². The number of rotatable bonds is 7. The van der Waals surface area contributed by atoms with E-state index in [2.05, 4.69) is 34.5 Å². The number of likely N-dealkylation sites (tertiary alicyclic amines) is 1. The van der Waals surface area contributed by atoms with Crippen LogP contribution in [0.5, 0.6) is 0 Å². The molecule has 1 heterocycles. The van der Waals surface area contributed by atoms with Crippen molar-refractivity contribution in [2.24, 2.45) is 17.8 Å². The Hall–Kier alpha value is -2.08. The lowest BCUT2D eigenvalue weighted by Crippen LogP contribution is -2.53. The van der Waals surface area contributed by atoms with Crippen LogP contribution < -0.4 is 5.32 Å². The highest BCUT2D eigenvalue weighted by Crippen LogP contribution is 2.38. The Kier molecular flexibility index (Phi) is 6.60. The number of nitrogens with zero attached hydrogens (tertiary/aromatic N) is 2. The van der Waals surface area contributed by atoms with E-state index in [1.807, 2.05) is 19.9 Å². The van der Waals surface area contributed by atoms with Crippen LogP contribution in [-0.2, 0) is 11.3 Å². The van der Waals surface area contributed by atoms with Gasteiger partial charge in [-0.15, -0.1) is 0 Å². The van der Waals surface area contributed by atoms with Gasteiger partial charge in [-0.1, -0.05) is 50.6 Å². The quantitative estimate of drug-likeness (QED) is 0.754. The Balaban J connectivity index is 1.61. The predicted octanol–water partition coefficient (Wildman–Crippen LogP) is 3.04. The van der Waals surface area contributed by atoms with Gasteiger partial charge < -0.3 is 10.4 Å². The molecular formula is C22H33N3O3. The number of amides is 2. The Bertz CT molecular complexity index is 681. The van der Waals surface area contributed by atoms with Gasteiger partial charge in [-0.05, 0) is 36.2 Å². The molecule has 6 nitrogen and oxygen atoms in total. The number of carbonyl (C=O) groups excluding carboxylic acids is 1. The summed E-state index contributed by atoms with van der Waals surface area (Å²) in [7, 11) is 1.49. The zero-order valence-corrected chi connectivity index (χ0v) is 17.2. The third-order valence-electron chi connectivity index (χ3n) is 6.68. The van der Waals surface area contributed by atoms with Crippen molar-refractivity contribution in [2.45, 2.75) is 51.7 Å². The maximum atomic E-state index is 13.0. The summed E-state index contributed by atoms with van der Waals surface area (Å²) in [5, 5.41) is 12.6. The van der Waals surface area contributed by atoms with E-state index >= 15 is 0 Å². The molecule has 1 aromatic rings. The Morgan fingerprint density at radius 2 is 1.96 bits per heavy atom. The maximum absolute atomic E-state index is 13.0. The Labute approximate surface area is 167 Å². The lowest BCUT2D eigenvalue weighted by molar-refractivity contribution is -0.128. The summed E-state index contributed by atoms with van der Waals surface area (Å²) >= 11 is 0. The molecule has 0 spiro atoms. The Morgan fingerprint density at radius 3 is 2.61 bits per heavy atom. The van der Waals surface area contributed by atoms with Gasteiger partial charge in [0.1, 0.15) is 6.04 Å². The smallest absolute Gasteiger partial charge is 0.407 e. The highest BCUT2D eigenvalue weighted by atomic mass is 16.4. The van der Waals surface area contributed by atoms with Gasteiger partial charge in [0.25, 0.3) is 0 Å². The monoisotopic (exact) mass is 387 g/mol. The summed E-state index contributed by atoms with van der Waals surface area (Å²) in [5.74, 6) is 0.913. The van der Waals surface area contributed by atoms with Crippen LogP contribution in [0.2, 0.25) is 0 Å². The second kappa shape index (κ2) is 8.95. The van der Waals surface area contributed by atoms with Crippen molar-refractivity contribution in [3.05, 3.63) is 35.9 Å². The molecule has 6 heteroatoms. The number of carboxylic acid groups (broad SMARTS) is 1. The zero-order chi connectivity index (χ0) is 20.3. The van der Waals surface area contributed by atoms with Crippen LogP contribution in [0.3, 0.4) is 0 Å². The average Bonchev–Trinajstić information content (AvgIpc) is 3.23. The van der Waals surface area contributed by atoms with E-state index in [0.717, 1.165) is 43.8 Å². The van der Waals surface area contributed by atoms with Gasteiger partial charge >= 0.3 is 6.09 Å². The molecule has 3 rings (SSSR count). The second-order valence-corrected chi connectivity index (χ2v) is 8.52. The molecule has 1 saturated carbocycles. The lowest BCUT2D eigenvalue weighted by atomic mass is 9.95. The normalized spacial score (nSPS) is 26.5. The SMILES string of the molecule is CC[C@H](C)[C@@H](C(=O)N[C@H]1CC[C@@H]2CN(Cc3ccccc3)C[C@@H]21)N(C)C(=O)O. The molecule has 1 aromatic carbocycles. The minimum atomic E-state index is -1.06. The zero-order valence-electron chi connectivity index (χ0n) is 17.2. The van der Waals surface area contributed by atoms with E-state index < -0.39 is 12.1 Å². The van der Waals surface area contributed by atoms with Crippen LogP contribution >= 0.6 is 0 Å². The fraction of sp³-hybridized carbons (Fsp3) is 0.636. The first-order valence-corrected chi connectivity index (χ1v) is 10.4. The van der Waals surface area contributed by atoms with Crippen LogP contribution in [0, 0.1) is 17.8 Å². The molecule has 2 aliphatic rings. The molecular weight excluding hydrogens is 354 g/mol. The standard InChI is InChI=1S/C22H33N3O3/c1-4-15(2)20(24(3)22(27)28)21(26)23-19-11-10-17-13-25(14-18(17)19)12-16-8-6-5-7-9-16/h5-9,15,17-20H,4,10-14H2,1-3H3,(H,23,26)(H,27,28)/t15-,17+,18-,19-,20-/m0/s1. The first-order valence-electron chi connectivity index (χ1n) is 10.4. The molecule has 154 valence electrons. The number of likely N-dealkylation sites (N-methyl/N-ethyl adjacent to an activating group) is 1. The molecule has 5 atom stereocenters. The number of hydrogen-bond donors (Lipinski definition) is 2. The van der Waals surface area contributed by atoms with Gasteiger partial charge in [0.2, 0.25) is 5.91 Å². The molecule has 0 bridgehead atoms. The largest absolute Gasteiger partial charge is 0.465 e. The van der Waals surface area contributed by atoms with Crippen molar-refractivity contribution < 1.29 is 14.7 Å². The minimum absolute atomic E-state index is 0.0172. The van der Waals surface area contributed by atoms with Crippen LogP contribution in [0.25, 0.3) is 0 Å². The first-order chi connectivity index (χ1) is 13.4. The third-order valence-corrected chi connectivity index (χ3v) is 6.68. The van der Waals surface area contributed by atoms with E-state index in [0.29, 0.717) is 11.8 Å². The summed E-state index contributed by atoms with van der Waals surface area (Å²) in [6, 6.07) is 10.0. The van der Waals surface area contributed by atoms with E-state index in [4.69, 9.17) is 0 Å². The fourth-order valence-corrected chi connectivity index (χ4v) is 4.93. The van der Waals surface area contributed by atoms with Crippen LogP contribution in [0.1, 0.15) is 38.7 Å². The summed E-state index contributed by atoms with van der Waals surface area (Å²) in [6.07, 6.45) is 1.82. The maximum Gasteiger partial charge on any atom is 0.407 e. The minimum Gasteiger partial charge on any atom is -0.465 e. The molecule has 28 heavy (non-hydrogen) atoms. The van der Waals surface area contributed by atoms with E-state index in [1.54, 1.807) is 0 Å². The molecule has 1 aliphatic carbocycles. The number of nitrogens with one attached hydrogen (secondary N) is 1. The van der Waals surface area contributed by atoms with Crippen molar-refractivity contribution in [1.82, 2.24) is 15.1 Å². The fourth-order valence-electron chi connectivity index (χ4n) is 4.93. The van der Waals surface area contributed by atoms with Gasteiger partial charge in [0.15, 0.2) is 0 Å². The van der Waals surface area contributed by atoms with Crippen LogP contribution in [0.4, 0.5) is 4.79 Å². The van der Waals surface area contributed by atoms with Crippen molar-refractivity contribution in [2.75, 3.05) is 20.1 Å². The summed E-state index contributed by atoms with van der Waals surface area (Å²) in [5.41, 5.74) is 1.32. The lowest BCUT2D eigenvalue weighted by Gasteiger charge is -2.31.